The largest absolute Gasteiger partial charge is 0.398 e. The second kappa shape index (κ2) is 9.30. The van der Waals surface area contributed by atoms with Crippen LogP contribution in [0.3, 0.4) is 0 Å². The lowest BCUT2D eigenvalue weighted by molar-refractivity contribution is 0.339. The van der Waals surface area contributed by atoms with Gasteiger partial charge in [0, 0.05) is 23.5 Å². The van der Waals surface area contributed by atoms with E-state index in [1.165, 1.54) is 81.0 Å². The average Bonchev–Trinajstić information content (AvgIpc) is 2.67. The molecular formula is C24H36N2. The Morgan fingerprint density at radius 1 is 0.808 bits per heavy atom. The van der Waals surface area contributed by atoms with E-state index in [0.717, 1.165) is 18.5 Å². The summed E-state index contributed by atoms with van der Waals surface area (Å²) in [5.74, 6) is 0. The van der Waals surface area contributed by atoms with E-state index in [0.29, 0.717) is 12.1 Å². The first-order chi connectivity index (χ1) is 12.7. The molecule has 0 aromatic heterocycles. The van der Waals surface area contributed by atoms with Crippen molar-refractivity contribution in [3.8, 4) is 0 Å². The van der Waals surface area contributed by atoms with E-state index in [1.807, 2.05) is 12.2 Å². The van der Waals surface area contributed by atoms with Crippen molar-refractivity contribution in [2.75, 3.05) is 10.6 Å². The van der Waals surface area contributed by atoms with Gasteiger partial charge in [0.1, 0.15) is 0 Å². The number of nitrogens with zero attached hydrogens (tertiary/aromatic N) is 1. The van der Waals surface area contributed by atoms with E-state index in [4.69, 9.17) is 5.73 Å². The van der Waals surface area contributed by atoms with Crippen molar-refractivity contribution < 1.29 is 0 Å². The van der Waals surface area contributed by atoms with Gasteiger partial charge in [-0.1, -0.05) is 56.7 Å². The van der Waals surface area contributed by atoms with Gasteiger partial charge in [-0.25, -0.2) is 0 Å². The Balaban J connectivity index is 2.01. The molecule has 0 radical (unpaired) electrons. The first-order valence-electron chi connectivity index (χ1n) is 10.7. The first kappa shape index (κ1) is 19.1. The minimum Gasteiger partial charge on any atom is -0.398 e. The summed E-state index contributed by atoms with van der Waals surface area (Å²) in [5.41, 5.74) is 11.4. The van der Waals surface area contributed by atoms with Crippen LogP contribution in [-0.2, 0) is 12.8 Å². The number of hydrogen-bond donors (Lipinski definition) is 1. The molecule has 0 saturated heterocycles. The summed E-state index contributed by atoms with van der Waals surface area (Å²) < 4.78 is 0. The van der Waals surface area contributed by atoms with Gasteiger partial charge in [0.15, 0.2) is 0 Å². The van der Waals surface area contributed by atoms with Gasteiger partial charge in [0.05, 0.1) is 0 Å². The highest BCUT2D eigenvalue weighted by Gasteiger charge is 2.30. The van der Waals surface area contributed by atoms with Crippen LogP contribution in [0, 0.1) is 0 Å². The van der Waals surface area contributed by atoms with Crippen molar-refractivity contribution in [2.24, 2.45) is 0 Å². The molecule has 142 valence electrons. The number of benzene rings is 1. The number of hydrogen-bond acceptors (Lipinski definition) is 2. The molecule has 0 unspecified atom stereocenters. The van der Waals surface area contributed by atoms with Crippen molar-refractivity contribution in [3.05, 3.63) is 48.6 Å². The van der Waals surface area contributed by atoms with E-state index < -0.39 is 0 Å². The third kappa shape index (κ3) is 4.34. The zero-order valence-electron chi connectivity index (χ0n) is 16.4. The second-order valence-electron chi connectivity index (χ2n) is 8.16. The van der Waals surface area contributed by atoms with E-state index in [-0.39, 0.29) is 0 Å². The summed E-state index contributed by atoms with van der Waals surface area (Å²) >= 11 is 0. The van der Waals surface area contributed by atoms with Crippen LogP contribution in [0.5, 0.6) is 0 Å². The lowest BCUT2D eigenvalue weighted by Crippen LogP contribution is -2.46. The molecule has 2 fully saturated rings. The van der Waals surface area contributed by atoms with Crippen LogP contribution in [0.1, 0.15) is 75.3 Å². The van der Waals surface area contributed by atoms with E-state index in [2.05, 4.69) is 30.2 Å². The molecule has 2 N–H and O–H groups in total. The number of rotatable bonds is 7. The molecule has 0 amide bonds. The van der Waals surface area contributed by atoms with Crippen molar-refractivity contribution >= 4 is 11.4 Å². The Kier molecular flexibility index (Phi) is 6.82. The Labute approximate surface area is 160 Å². The van der Waals surface area contributed by atoms with Gasteiger partial charge in [0.25, 0.3) is 0 Å². The van der Waals surface area contributed by atoms with Crippen LogP contribution >= 0.6 is 0 Å². The molecule has 0 spiro atoms. The van der Waals surface area contributed by atoms with Gasteiger partial charge in [-0.15, -0.1) is 13.2 Å². The van der Waals surface area contributed by atoms with Crippen molar-refractivity contribution in [2.45, 2.75) is 89.1 Å². The Hall–Kier alpha value is -1.70. The molecule has 2 aliphatic carbocycles. The van der Waals surface area contributed by atoms with E-state index in [1.54, 1.807) is 0 Å². The van der Waals surface area contributed by atoms with Gasteiger partial charge in [-0.2, -0.15) is 0 Å². The summed E-state index contributed by atoms with van der Waals surface area (Å²) in [5, 5.41) is 0. The minimum atomic E-state index is 0.681. The normalized spacial score (nSPS) is 19.2. The fourth-order valence-corrected chi connectivity index (χ4v) is 5.00. The minimum absolute atomic E-state index is 0.681. The lowest BCUT2D eigenvalue weighted by Gasteiger charge is -2.44. The molecule has 1 aromatic rings. The van der Waals surface area contributed by atoms with Gasteiger partial charge >= 0.3 is 0 Å². The van der Waals surface area contributed by atoms with Crippen LogP contribution in [0.15, 0.2) is 37.4 Å². The van der Waals surface area contributed by atoms with Crippen molar-refractivity contribution in [1.29, 1.82) is 0 Å². The zero-order valence-corrected chi connectivity index (χ0v) is 16.4. The Morgan fingerprint density at radius 3 is 1.81 bits per heavy atom. The van der Waals surface area contributed by atoms with Crippen LogP contribution in [0.2, 0.25) is 0 Å². The maximum absolute atomic E-state index is 6.47. The van der Waals surface area contributed by atoms with Gasteiger partial charge in [0.2, 0.25) is 0 Å². The first-order valence-corrected chi connectivity index (χ1v) is 10.7. The van der Waals surface area contributed by atoms with Crippen LogP contribution in [0.4, 0.5) is 11.4 Å². The van der Waals surface area contributed by atoms with Gasteiger partial charge < -0.3 is 10.6 Å². The van der Waals surface area contributed by atoms with Crippen LogP contribution in [-0.4, -0.2) is 12.1 Å². The van der Waals surface area contributed by atoms with E-state index >= 15 is 0 Å². The highest BCUT2D eigenvalue weighted by atomic mass is 15.2. The quantitative estimate of drug-likeness (QED) is 0.468. The number of nitrogens with two attached hydrogens (primary N) is 1. The molecule has 0 heterocycles. The van der Waals surface area contributed by atoms with Crippen molar-refractivity contribution in [3.63, 3.8) is 0 Å². The summed E-state index contributed by atoms with van der Waals surface area (Å²) in [6.45, 7) is 7.90. The standard InChI is InChI=1S/C24H36N2/c1-3-11-19-17-20(12-4-2)24(18-23(19)25)26(21-13-7-5-8-14-21)22-15-9-6-10-16-22/h3-4,17-18,21-22H,1-2,5-16,25H2. The molecule has 26 heavy (non-hydrogen) atoms. The van der Waals surface area contributed by atoms with E-state index in [9.17, 15) is 0 Å². The number of nitrogen functional groups attached to an aromatic ring is 1. The molecule has 0 atom stereocenters. The lowest BCUT2D eigenvalue weighted by atomic mass is 9.87. The second-order valence-corrected chi connectivity index (χ2v) is 8.16. The number of allylic oxidation sites excluding steroid dienone is 2. The van der Waals surface area contributed by atoms with Crippen LogP contribution in [0.25, 0.3) is 0 Å². The number of anilines is 2. The fraction of sp³-hybridized carbons (Fsp3) is 0.583. The summed E-state index contributed by atoms with van der Waals surface area (Å²) in [7, 11) is 0. The smallest absolute Gasteiger partial charge is 0.0427 e. The topological polar surface area (TPSA) is 29.3 Å². The molecular weight excluding hydrogens is 316 g/mol. The highest BCUT2D eigenvalue weighted by molar-refractivity contribution is 5.66. The average molecular weight is 353 g/mol. The zero-order chi connectivity index (χ0) is 18.4. The monoisotopic (exact) mass is 352 g/mol. The molecule has 2 saturated carbocycles. The Bertz CT molecular complexity index is 589. The maximum Gasteiger partial charge on any atom is 0.0427 e. The van der Waals surface area contributed by atoms with Crippen LogP contribution < -0.4 is 10.6 Å². The summed E-state index contributed by atoms with van der Waals surface area (Å²) in [6, 6.07) is 5.94. The van der Waals surface area contributed by atoms with Gasteiger partial charge in [-0.05, 0) is 55.7 Å². The predicted octanol–water partition coefficient (Wildman–Crippen LogP) is 6.20. The molecule has 3 rings (SSSR count). The molecule has 2 heteroatoms. The molecule has 2 nitrogen and oxygen atoms in total. The van der Waals surface area contributed by atoms with Crippen molar-refractivity contribution in [1.82, 2.24) is 0 Å². The summed E-state index contributed by atoms with van der Waals surface area (Å²) in [6.07, 6.45) is 19.3. The maximum atomic E-state index is 6.47. The Morgan fingerprint density at radius 2 is 1.31 bits per heavy atom. The predicted molar refractivity (Wildman–Crippen MR) is 115 cm³/mol. The molecule has 0 aliphatic heterocycles. The third-order valence-electron chi connectivity index (χ3n) is 6.28. The summed E-state index contributed by atoms with van der Waals surface area (Å²) in [4.78, 5) is 2.80. The van der Waals surface area contributed by atoms with Gasteiger partial charge in [-0.3, -0.25) is 0 Å². The SMILES string of the molecule is C=CCc1cc(CC=C)c(N(C2CCCCC2)C2CCCCC2)cc1N. The molecule has 1 aromatic carbocycles. The highest BCUT2D eigenvalue weighted by Crippen LogP contribution is 2.38. The third-order valence-corrected chi connectivity index (χ3v) is 6.28. The molecule has 0 bridgehead atoms. The fourth-order valence-electron chi connectivity index (χ4n) is 5.00. The molecule has 2 aliphatic rings.